The molecular weight excluding hydrogens is 475 g/mol. The molecular formula is C21H18F3N5O4S. The van der Waals surface area contributed by atoms with E-state index in [2.05, 4.69) is 20.8 Å². The highest BCUT2D eigenvalue weighted by Crippen LogP contribution is 2.38. The molecule has 2 aliphatic rings. The number of hydrogen-bond donors (Lipinski definition) is 1. The first-order valence-electron chi connectivity index (χ1n) is 10.3. The maximum Gasteiger partial charge on any atom is 0.416 e. The number of fused-ring (bicyclic) bond motifs is 1. The molecule has 1 aromatic heterocycles. The zero-order chi connectivity index (χ0) is 23.7. The SMILES string of the molecule is O=C(Nc1cccc(C(F)(F)F)c1)OC1COC2C1OCC2n1nnnc1Sc1ccccc1. The van der Waals surface area contributed by atoms with E-state index in [0.29, 0.717) is 5.16 Å². The molecule has 13 heteroatoms. The molecule has 0 aliphatic carbocycles. The van der Waals surface area contributed by atoms with Gasteiger partial charge in [-0.25, -0.2) is 9.48 Å². The van der Waals surface area contributed by atoms with Gasteiger partial charge in [-0.15, -0.1) is 5.10 Å². The number of halogens is 3. The normalized spacial score (nSPS) is 24.1. The number of amides is 1. The Hall–Kier alpha value is -3.16. The average molecular weight is 493 g/mol. The fourth-order valence-corrected chi connectivity index (χ4v) is 4.71. The van der Waals surface area contributed by atoms with Crippen molar-refractivity contribution in [2.75, 3.05) is 18.5 Å². The number of benzene rings is 2. The van der Waals surface area contributed by atoms with E-state index >= 15 is 0 Å². The molecule has 0 saturated carbocycles. The molecule has 0 spiro atoms. The van der Waals surface area contributed by atoms with Crippen molar-refractivity contribution >= 4 is 23.5 Å². The standard InChI is InChI=1S/C21H18F3N5O4S/c22-21(23,24)12-5-4-6-13(9-12)25-20(30)33-16-11-32-17-15(10-31-18(16)17)29-19(26-27-28-29)34-14-7-2-1-3-8-14/h1-9,15-18H,10-11H2,(H,25,30). The van der Waals surface area contributed by atoms with E-state index in [4.69, 9.17) is 14.2 Å². The third kappa shape index (κ3) is 4.72. The minimum Gasteiger partial charge on any atom is -0.441 e. The summed E-state index contributed by atoms with van der Waals surface area (Å²) in [4.78, 5) is 13.3. The summed E-state index contributed by atoms with van der Waals surface area (Å²) in [6.45, 7) is 0.322. The highest BCUT2D eigenvalue weighted by Gasteiger charge is 2.51. The zero-order valence-electron chi connectivity index (χ0n) is 17.4. The van der Waals surface area contributed by atoms with Crippen LogP contribution in [-0.2, 0) is 20.4 Å². The van der Waals surface area contributed by atoms with Gasteiger partial charge in [0.15, 0.2) is 6.10 Å². The first-order valence-corrected chi connectivity index (χ1v) is 11.1. The fourth-order valence-electron chi connectivity index (χ4n) is 3.87. The Kier molecular flexibility index (Phi) is 6.15. The summed E-state index contributed by atoms with van der Waals surface area (Å²) in [6.07, 6.45) is -7.17. The summed E-state index contributed by atoms with van der Waals surface area (Å²) in [5, 5.41) is 14.8. The van der Waals surface area contributed by atoms with Crippen molar-refractivity contribution < 1.29 is 32.2 Å². The van der Waals surface area contributed by atoms with Crippen LogP contribution in [0.4, 0.5) is 23.7 Å². The van der Waals surface area contributed by atoms with E-state index < -0.39 is 36.1 Å². The molecule has 0 bridgehead atoms. The molecule has 1 amide bonds. The van der Waals surface area contributed by atoms with Crippen LogP contribution >= 0.6 is 11.8 Å². The molecule has 34 heavy (non-hydrogen) atoms. The number of anilines is 1. The number of rotatable bonds is 5. The van der Waals surface area contributed by atoms with E-state index in [-0.39, 0.29) is 24.9 Å². The van der Waals surface area contributed by atoms with E-state index in [1.165, 1.54) is 23.9 Å². The molecule has 4 atom stereocenters. The highest BCUT2D eigenvalue weighted by molar-refractivity contribution is 7.99. The van der Waals surface area contributed by atoms with Crippen molar-refractivity contribution in [3.05, 3.63) is 60.2 Å². The van der Waals surface area contributed by atoms with Gasteiger partial charge in [0.1, 0.15) is 18.2 Å². The first-order chi connectivity index (χ1) is 16.4. The zero-order valence-corrected chi connectivity index (χ0v) is 18.2. The number of tetrazole rings is 1. The van der Waals surface area contributed by atoms with Crippen LogP contribution in [0, 0.1) is 0 Å². The van der Waals surface area contributed by atoms with E-state index in [1.807, 2.05) is 30.3 Å². The van der Waals surface area contributed by atoms with Gasteiger partial charge in [-0.3, -0.25) is 5.32 Å². The number of carbonyl (C=O) groups is 1. The van der Waals surface area contributed by atoms with Crippen molar-refractivity contribution in [3.8, 4) is 0 Å². The molecule has 3 aromatic rings. The van der Waals surface area contributed by atoms with Crippen LogP contribution in [0.25, 0.3) is 0 Å². The lowest BCUT2D eigenvalue weighted by molar-refractivity contribution is -0.137. The molecule has 2 saturated heterocycles. The Balaban J connectivity index is 1.22. The molecule has 1 N–H and O–H groups in total. The number of nitrogens with one attached hydrogen (secondary N) is 1. The van der Waals surface area contributed by atoms with E-state index in [0.717, 1.165) is 17.0 Å². The summed E-state index contributed by atoms with van der Waals surface area (Å²) >= 11 is 1.40. The molecule has 3 heterocycles. The summed E-state index contributed by atoms with van der Waals surface area (Å²) in [7, 11) is 0. The first kappa shape index (κ1) is 22.6. The second-order valence-corrected chi connectivity index (χ2v) is 8.67. The summed E-state index contributed by atoms with van der Waals surface area (Å²) in [5.74, 6) is 0. The molecule has 178 valence electrons. The minimum absolute atomic E-state index is 0.0308. The average Bonchev–Trinajstić information content (AvgIpc) is 3.52. The molecule has 0 radical (unpaired) electrons. The van der Waals surface area contributed by atoms with Gasteiger partial charge in [0.25, 0.3) is 0 Å². The van der Waals surface area contributed by atoms with Crippen LogP contribution < -0.4 is 5.32 Å². The van der Waals surface area contributed by atoms with Crippen molar-refractivity contribution in [2.45, 2.75) is 40.6 Å². The Labute approximate surface area is 195 Å². The third-order valence-electron chi connectivity index (χ3n) is 5.41. The molecule has 5 rings (SSSR count). The van der Waals surface area contributed by atoms with Gasteiger partial charge in [0.05, 0.1) is 18.8 Å². The van der Waals surface area contributed by atoms with Gasteiger partial charge in [-0.1, -0.05) is 24.3 Å². The van der Waals surface area contributed by atoms with Crippen LogP contribution in [0.3, 0.4) is 0 Å². The van der Waals surface area contributed by atoms with Crippen LogP contribution in [0.1, 0.15) is 11.6 Å². The van der Waals surface area contributed by atoms with Crippen LogP contribution in [-0.4, -0.2) is 57.8 Å². The number of hydrogen-bond acceptors (Lipinski definition) is 8. The van der Waals surface area contributed by atoms with Gasteiger partial charge >= 0.3 is 12.3 Å². The number of carbonyl (C=O) groups excluding carboxylic acids is 1. The second kappa shape index (κ2) is 9.24. The highest BCUT2D eigenvalue weighted by atomic mass is 32.2. The third-order valence-corrected chi connectivity index (χ3v) is 6.36. The largest absolute Gasteiger partial charge is 0.441 e. The van der Waals surface area contributed by atoms with Crippen molar-refractivity contribution in [2.24, 2.45) is 0 Å². The topological polar surface area (TPSA) is 100 Å². The second-order valence-electron chi connectivity index (χ2n) is 7.63. The van der Waals surface area contributed by atoms with E-state index in [1.54, 1.807) is 4.68 Å². The Morgan fingerprint density at radius 2 is 1.88 bits per heavy atom. The van der Waals surface area contributed by atoms with E-state index in [9.17, 15) is 18.0 Å². The van der Waals surface area contributed by atoms with Gasteiger partial charge < -0.3 is 14.2 Å². The smallest absolute Gasteiger partial charge is 0.416 e. The van der Waals surface area contributed by atoms with Gasteiger partial charge in [-0.2, -0.15) is 13.2 Å². The lowest BCUT2D eigenvalue weighted by Gasteiger charge is -2.18. The molecule has 2 aromatic carbocycles. The Bertz CT molecular complexity index is 1160. The minimum atomic E-state index is -4.52. The molecule has 9 nitrogen and oxygen atoms in total. The monoisotopic (exact) mass is 493 g/mol. The summed E-state index contributed by atoms with van der Waals surface area (Å²) < 4.78 is 57.4. The number of nitrogens with zero attached hydrogens (tertiary/aromatic N) is 4. The summed E-state index contributed by atoms with van der Waals surface area (Å²) in [5.41, 5.74) is -0.904. The Morgan fingerprint density at radius 1 is 1.09 bits per heavy atom. The van der Waals surface area contributed by atoms with Gasteiger partial charge in [0.2, 0.25) is 5.16 Å². The predicted octanol–water partition coefficient (Wildman–Crippen LogP) is 3.80. The number of alkyl halides is 3. The van der Waals surface area contributed by atoms with Crippen LogP contribution in [0.5, 0.6) is 0 Å². The predicted molar refractivity (Wildman–Crippen MR) is 112 cm³/mol. The van der Waals surface area contributed by atoms with Crippen LogP contribution in [0.2, 0.25) is 0 Å². The lowest BCUT2D eigenvalue weighted by atomic mass is 10.1. The molecule has 2 fully saturated rings. The lowest BCUT2D eigenvalue weighted by Crippen LogP contribution is -2.35. The molecule has 4 unspecified atom stereocenters. The van der Waals surface area contributed by atoms with Gasteiger partial charge in [0, 0.05) is 10.6 Å². The van der Waals surface area contributed by atoms with Crippen LogP contribution in [0.15, 0.2) is 64.6 Å². The Morgan fingerprint density at radius 3 is 2.68 bits per heavy atom. The number of aromatic nitrogens is 4. The number of ether oxygens (including phenoxy) is 3. The molecule has 2 aliphatic heterocycles. The van der Waals surface area contributed by atoms with Crippen molar-refractivity contribution in [1.29, 1.82) is 0 Å². The van der Waals surface area contributed by atoms with Gasteiger partial charge in [-0.05, 0) is 52.5 Å². The quantitative estimate of drug-likeness (QED) is 0.573. The maximum atomic E-state index is 12.9. The van der Waals surface area contributed by atoms with Crippen molar-refractivity contribution in [1.82, 2.24) is 20.2 Å². The van der Waals surface area contributed by atoms with Crippen molar-refractivity contribution in [3.63, 3.8) is 0 Å². The maximum absolute atomic E-state index is 12.9. The summed E-state index contributed by atoms with van der Waals surface area (Å²) in [6, 6.07) is 13.6. The fraction of sp³-hybridized carbons (Fsp3) is 0.333.